The van der Waals surface area contributed by atoms with Crippen LogP contribution in [0.25, 0.3) is 0 Å². The fraction of sp³-hybridized carbons (Fsp3) is 0.235. The average Bonchev–Trinajstić information content (AvgIpc) is 2.55. The number of carbonyl (C=O) groups is 1. The summed E-state index contributed by atoms with van der Waals surface area (Å²) < 4.78 is 23.2. The Kier molecular flexibility index (Phi) is 5.36. The molecular formula is C17H18FNO3. The van der Waals surface area contributed by atoms with Crippen LogP contribution in [0.3, 0.4) is 0 Å². The first-order valence-corrected chi connectivity index (χ1v) is 6.89. The molecule has 0 spiro atoms. The third-order valence-electron chi connectivity index (χ3n) is 3.27. The lowest BCUT2D eigenvalue weighted by Crippen LogP contribution is -2.26. The Bertz CT molecular complexity index is 619. The van der Waals surface area contributed by atoms with Gasteiger partial charge in [0.15, 0.2) is 0 Å². The molecule has 2 aromatic carbocycles. The van der Waals surface area contributed by atoms with Crippen molar-refractivity contribution in [2.75, 3.05) is 20.8 Å². The highest BCUT2D eigenvalue weighted by Crippen LogP contribution is 2.27. The van der Waals surface area contributed by atoms with E-state index in [1.54, 1.807) is 30.3 Å². The van der Waals surface area contributed by atoms with Crippen LogP contribution in [0.5, 0.6) is 11.5 Å². The Balaban J connectivity index is 2.02. The summed E-state index contributed by atoms with van der Waals surface area (Å²) in [6.45, 7) is 0.436. The number of hydrogen-bond acceptors (Lipinski definition) is 3. The summed E-state index contributed by atoms with van der Waals surface area (Å²) in [5.74, 6) is 0.375. The maximum atomic E-state index is 12.8. The van der Waals surface area contributed by atoms with Gasteiger partial charge in [0.25, 0.3) is 5.91 Å². The zero-order valence-electron chi connectivity index (χ0n) is 12.6. The molecule has 0 bridgehead atoms. The van der Waals surface area contributed by atoms with Crippen molar-refractivity contribution in [3.8, 4) is 11.5 Å². The van der Waals surface area contributed by atoms with Gasteiger partial charge in [-0.05, 0) is 36.2 Å². The third-order valence-corrected chi connectivity index (χ3v) is 3.27. The van der Waals surface area contributed by atoms with Gasteiger partial charge in [0, 0.05) is 6.54 Å². The van der Waals surface area contributed by atoms with Crippen molar-refractivity contribution in [3.63, 3.8) is 0 Å². The first-order valence-electron chi connectivity index (χ1n) is 6.89. The highest BCUT2D eigenvalue weighted by molar-refractivity contribution is 5.99. The number of nitrogens with one attached hydrogen (secondary N) is 1. The molecular weight excluding hydrogens is 285 g/mol. The number of carbonyl (C=O) groups excluding carboxylic acids is 1. The highest BCUT2D eigenvalue weighted by atomic mass is 19.1. The number of ether oxygens (including phenoxy) is 2. The Morgan fingerprint density at radius 3 is 2.18 bits per heavy atom. The van der Waals surface area contributed by atoms with Crippen LogP contribution in [-0.4, -0.2) is 26.7 Å². The monoisotopic (exact) mass is 303 g/mol. The van der Waals surface area contributed by atoms with Crippen LogP contribution in [0.1, 0.15) is 15.9 Å². The number of benzene rings is 2. The minimum absolute atomic E-state index is 0.267. The summed E-state index contributed by atoms with van der Waals surface area (Å²) in [5, 5.41) is 2.82. The van der Waals surface area contributed by atoms with Crippen LogP contribution in [0.4, 0.5) is 4.39 Å². The minimum atomic E-state index is -0.272. The molecule has 0 saturated carbocycles. The molecule has 0 unspecified atom stereocenters. The maximum absolute atomic E-state index is 12.8. The maximum Gasteiger partial charge on any atom is 0.258 e. The van der Waals surface area contributed by atoms with Crippen molar-refractivity contribution in [2.45, 2.75) is 6.42 Å². The molecule has 116 valence electrons. The summed E-state index contributed by atoms with van der Waals surface area (Å²) in [6.07, 6.45) is 0.615. The van der Waals surface area contributed by atoms with Crippen LogP contribution in [0.15, 0.2) is 42.5 Å². The molecule has 1 N–H and O–H groups in total. The van der Waals surface area contributed by atoms with E-state index in [9.17, 15) is 9.18 Å². The molecule has 22 heavy (non-hydrogen) atoms. The topological polar surface area (TPSA) is 47.6 Å². The van der Waals surface area contributed by atoms with Crippen LogP contribution in [0, 0.1) is 5.82 Å². The van der Waals surface area contributed by atoms with Gasteiger partial charge in [-0.3, -0.25) is 4.79 Å². The number of amides is 1. The quantitative estimate of drug-likeness (QED) is 0.892. The van der Waals surface area contributed by atoms with Crippen molar-refractivity contribution in [1.29, 1.82) is 0 Å². The van der Waals surface area contributed by atoms with E-state index in [4.69, 9.17) is 9.47 Å². The molecule has 0 radical (unpaired) electrons. The lowest BCUT2D eigenvalue weighted by molar-refractivity contribution is 0.0948. The van der Waals surface area contributed by atoms with Gasteiger partial charge >= 0.3 is 0 Å². The Labute approximate surface area is 128 Å². The van der Waals surface area contributed by atoms with Crippen molar-refractivity contribution in [2.24, 2.45) is 0 Å². The van der Waals surface area contributed by atoms with Gasteiger partial charge in [0.2, 0.25) is 0 Å². The Morgan fingerprint density at radius 1 is 1.05 bits per heavy atom. The van der Waals surface area contributed by atoms with Crippen molar-refractivity contribution >= 4 is 5.91 Å². The summed E-state index contributed by atoms with van der Waals surface area (Å²) in [4.78, 5) is 12.3. The molecule has 1 amide bonds. The SMILES string of the molecule is COc1cccc(OC)c1C(=O)NCCc1ccc(F)cc1. The lowest BCUT2D eigenvalue weighted by Gasteiger charge is -2.13. The van der Waals surface area contributed by atoms with Crippen LogP contribution in [0.2, 0.25) is 0 Å². The molecule has 0 aliphatic carbocycles. The molecule has 0 aliphatic heterocycles. The molecule has 5 heteroatoms. The van der Waals surface area contributed by atoms with E-state index in [1.165, 1.54) is 26.4 Å². The largest absolute Gasteiger partial charge is 0.496 e. The van der Waals surface area contributed by atoms with Crippen molar-refractivity contribution in [3.05, 3.63) is 59.4 Å². The summed E-state index contributed by atoms with van der Waals surface area (Å²) in [5.41, 5.74) is 1.32. The van der Waals surface area contributed by atoms with E-state index in [2.05, 4.69) is 5.32 Å². The van der Waals surface area contributed by atoms with Crippen LogP contribution < -0.4 is 14.8 Å². The summed E-state index contributed by atoms with van der Waals surface area (Å²) in [7, 11) is 3.01. The molecule has 0 fully saturated rings. The second kappa shape index (κ2) is 7.45. The second-order valence-corrected chi connectivity index (χ2v) is 4.67. The van der Waals surface area contributed by atoms with Gasteiger partial charge in [-0.25, -0.2) is 4.39 Å². The van der Waals surface area contributed by atoms with E-state index in [0.717, 1.165) is 5.56 Å². The van der Waals surface area contributed by atoms with E-state index in [0.29, 0.717) is 30.0 Å². The van der Waals surface area contributed by atoms with E-state index in [1.807, 2.05) is 0 Å². The zero-order chi connectivity index (χ0) is 15.9. The predicted octanol–water partition coefficient (Wildman–Crippen LogP) is 2.82. The first-order chi connectivity index (χ1) is 10.7. The van der Waals surface area contributed by atoms with E-state index < -0.39 is 0 Å². The average molecular weight is 303 g/mol. The van der Waals surface area contributed by atoms with E-state index >= 15 is 0 Å². The standard InChI is InChI=1S/C17H18FNO3/c1-21-14-4-3-5-15(22-2)16(14)17(20)19-11-10-12-6-8-13(18)9-7-12/h3-9H,10-11H2,1-2H3,(H,19,20). The molecule has 0 aliphatic rings. The lowest BCUT2D eigenvalue weighted by atomic mass is 10.1. The molecule has 2 rings (SSSR count). The van der Waals surface area contributed by atoms with Crippen LogP contribution >= 0.6 is 0 Å². The molecule has 0 heterocycles. The number of methoxy groups -OCH3 is 2. The van der Waals surface area contributed by atoms with Crippen molar-refractivity contribution < 1.29 is 18.7 Å². The highest BCUT2D eigenvalue weighted by Gasteiger charge is 2.17. The summed E-state index contributed by atoms with van der Waals surface area (Å²) >= 11 is 0. The van der Waals surface area contributed by atoms with Gasteiger partial charge in [0.05, 0.1) is 14.2 Å². The molecule has 2 aromatic rings. The van der Waals surface area contributed by atoms with Gasteiger partial charge in [-0.15, -0.1) is 0 Å². The van der Waals surface area contributed by atoms with Gasteiger partial charge in [-0.1, -0.05) is 18.2 Å². The molecule has 0 aromatic heterocycles. The summed E-state index contributed by atoms with van der Waals surface area (Å²) in [6, 6.07) is 11.4. The third kappa shape index (κ3) is 3.75. The molecule has 0 saturated heterocycles. The number of rotatable bonds is 6. The van der Waals surface area contributed by atoms with Crippen LogP contribution in [-0.2, 0) is 6.42 Å². The Hall–Kier alpha value is -2.56. The first kappa shape index (κ1) is 15.8. The second-order valence-electron chi connectivity index (χ2n) is 4.67. The fourth-order valence-electron chi connectivity index (χ4n) is 2.13. The normalized spacial score (nSPS) is 10.1. The minimum Gasteiger partial charge on any atom is -0.496 e. The Morgan fingerprint density at radius 2 is 1.64 bits per heavy atom. The van der Waals surface area contributed by atoms with E-state index in [-0.39, 0.29) is 11.7 Å². The zero-order valence-corrected chi connectivity index (χ0v) is 12.6. The van der Waals surface area contributed by atoms with Gasteiger partial charge < -0.3 is 14.8 Å². The molecule has 0 atom stereocenters. The van der Waals surface area contributed by atoms with Gasteiger partial charge in [0.1, 0.15) is 22.9 Å². The predicted molar refractivity (Wildman–Crippen MR) is 82.0 cm³/mol. The molecule has 4 nitrogen and oxygen atoms in total. The number of hydrogen-bond donors (Lipinski definition) is 1. The van der Waals surface area contributed by atoms with Crippen molar-refractivity contribution in [1.82, 2.24) is 5.32 Å². The van der Waals surface area contributed by atoms with Gasteiger partial charge in [-0.2, -0.15) is 0 Å². The smallest absolute Gasteiger partial charge is 0.258 e. The fourth-order valence-corrected chi connectivity index (χ4v) is 2.13. The number of halogens is 1.